The van der Waals surface area contributed by atoms with Crippen molar-refractivity contribution in [3.63, 3.8) is 0 Å². The number of rotatable bonds is 0. The van der Waals surface area contributed by atoms with Gasteiger partial charge in [-0.2, -0.15) is 49.2 Å². The minimum absolute atomic E-state index is 0.440. The molecule has 0 aliphatic heterocycles. The fraction of sp³-hybridized carbons (Fsp3) is 0. The molecular formula is C14H14I2Ti-2. The van der Waals surface area contributed by atoms with E-state index in [2.05, 4.69) is 52.2 Å². The fourth-order valence-electron chi connectivity index (χ4n) is 0.956. The first kappa shape index (κ1) is 17.4. The molecule has 0 heterocycles. The number of hydrogen-bond acceptors (Lipinski definition) is 0. The maximum atomic E-state index is 3.72. The zero-order chi connectivity index (χ0) is 12.9. The third-order valence-corrected chi connectivity index (χ3v) is 1.69. The molecule has 0 spiro atoms. The molecule has 0 aliphatic rings. The van der Waals surface area contributed by atoms with Gasteiger partial charge in [-0.25, -0.2) is 0 Å². The number of halogens is 2. The molecule has 90 valence electrons. The first-order valence-electron chi connectivity index (χ1n) is 4.91. The van der Waals surface area contributed by atoms with Gasteiger partial charge >= 0.3 is 50.0 Å². The van der Waals surface area contributed by atoms with E-state index in [0.717, 1.165) is 11.1 Å². The molecule has 0 radical (unpaired) electrons. The molecule has 0 saturated heterocycles. The van der Waals surface area contributed by atoms with Gasteiger partial charge in [-0.1, -0.05) is 12.1 Å². The topological polar surface area (TPSA) is 0 Å². The Hall–Kier alpha value is 0.354. The average Bonchev–Trinajstić information content (AvgIpc) is 2.33. The van der Waals surface area contributed by atoms with Gasteiger partial charge in [-0.15, -0.1) is 24.3 Å². The van der Waals surface area contributed by atoms with Crippen molar-refractivity contribution in [2.24, 2.45) is 0 Å². The van der Waals surface area contributed by atoms with Crippen LogP contribution in [-0.4, -0.2) is 0 Å². The van der Waals surface area contributed by atoms with Gasteiger partial charge in [-0.3, -0.25) is 0 Å². The van der Waals surface area contributed by atoms with Gasteiger partial charge in [0.05, 0.1) is 0 Å². The van der Waals surface area contributed by atoms with Crippen molar-refractivity contribution in [1.29, 1.82) is 0 Å². The third kappa shape index (κ3) is 12.6. The Morgan fingerprint density at radius 2 is 0.882 bits per heavy atom. The van der Waals surface area contributed by atoms with Crippen LogP contribution in [-0.2, 0) is 11.7 Å². The molecule has 0 aliphatic carbocycles. The second-order valence-electron chi connectivity index (χ2n) is 3.04. The molecule has 3 heteroatoms. The quantitative estimate of drug-likeness (QED) is 0.263. The first-order valence-corrected chi connectivity index (χ1v) is 15.0. The van der Waals surface area contributed by atoms with Crippen LogP contribution >= 0.6 is 38.4 Å². The molecule has 0 aromatic heterocycles. The molecular weight excluding hydrogens is 470 g/mol. The summed E-state index contributed by atoms with van der Waals surface area (Å²) in [5, 5.41) is 0. The molecule has 0 N–H and O–H groups in total. The monoisotopic (exact) mass is 484 g/mol. The second-order valence-corrected chi connectivity index (χ2v) is 16.2. The second kappa shape index (κ2) is 12.8. The van der Waals surface area contributed by atoms with Crippen molar-refractivity contribution in [2.75, 3.05) is 0 Å². The van der Waals surface area contributed by atoms with Crippen molar-refractivity contribution in [1.82, 2.24) is 0 Å². The molecule has 0 nitrogen and oxygen atoms in total. The molecule has 2 rings (SSSR count). The van der Waals surface area contributed by atoms with Crippen LogP contribution in [0.3, 0.4) is 0 Å². The summed E-state index contributed by atoms with van der Waals surface area (Å²) in [5.41, 5.74) is 2.14. The van der Waals surface area contributed by atoms with Crippen LogP contribution in [0.25, 0.3) is 0 Å². The fourth-order valence-corrected chi connectivity index (χ4v) is 0.956. The Morgan fingerprint density at radius 3 is 1.00 bits per heavy atom. The predicted molar refractivity (Wildman–Crippen MR) is 89.8 cm³/mol. The normalized spacial score (nSPS) is 7.88. The molecule has 2 aromatic rings. The van der Waals surface area contributed by atoms with Crippen molar-refractivity contribution < 1.29 is 11.7 Å². The van der Waals surface area contributed by atoms with E-state index < -0.39 is 0 Å². The number of benzene rings is 2. The van der Waals surface area contributed by atoms with E-state index in [4.69, 9.17) is 0 Å². The van der Waals surface area contributed by atoms with Gasteiger partial charge in [-0.05, 0) is 0 Å². The SMILES string of the molecule is [CH2-]c1ccccc1.[CH2-]c1ccccc1.[I][Ti][I]. The van der Waals surface area contributed by atoms with E-state index >= 15 is 0 Å². The molecule has 0 fully saturated rings. The van der Waals surface area contributed by atoms with E-state index in [9.17, 15) is 0 Å². The summed E-state index contributed by atoms with van der Waals surface area (Å²) in [5.74, 6) is 0. The van der Waals surface area contributed by atoms with Crippen molar-refractivity contribution in [3.05, 3.63) is 85.6 Å². The third-order valence-electron chi connectivity index (χ3n) is 1.69. The standard InChI is InChI=1S/2C7H7.2HI.Ti/c2*1-7-5-3-2-4-6-7;;;/h2*2-6H,1H2;2*1H;/q2*-1;;;+2/p-2. The molecule has 17 heavy (non-hydrogen) atoms. The Morgan fingerprint density at radius 1 is 0.647 bits per heavy atom. The molecule has 0 unspecified atom stereocenters. The maximum absolute atomic E-state index is 3.72. The van der Waals surface area contributed by atoms with E-state index in [-0.39, 0.29) is 0 Å². The Kier molecular flexibility index (Phi) is 13.1. The van der Waals surface area contributed by atoms with Crippen molar-refractivity contribution in [3.8, 4) is 0 Å². The van der Waals surface area contributed by atoms with Gasteiger partial charge in [0.1, 0.15) is 0 Å². The zero-order valence-electron chi connectivity index (χ0n) is 9.44. The van der Waals surface area contributed by atoms with Crippen LogP contribution in [0.4, 0.5) is 0 Å². The van der Waals surface area contributed by atoms with E-state index in [1.165, 1.54) is 0 Å². The van der Waals surface area contributed by atoms with E-state index in [0.29, 0.717) is 11.7 Å². The molecule has 0 bridgehead atoms. The van der Waals surface area contributed by atoms with E-state index in [1.54, 1.807) is 0 Å². The summed E-state index contributed by atoms with van der Waals surface area (Å²) in [6.45, 7) is 7.44. The summed E-state index contributed by atoms with van der Waals surface area (Å²) < 4.78 is 0. The average molecular weight is 484 g/mol. The van der Waals surface area contributed by atoms with Crippen LogP contribution in [0.1, 0.15) is 11.1 Å². The molecule has 0 saturated carbocycles. The molecule has 0 atom stereocenters. The van der Waals surface area contributed by atoms with Crippen LogP contribution in [0.2, 0.25) is 0 Å². The summed E-state index contributed by atoms with van der Waals surface area (Å²) in [6, 6.07) is 19.7. The predicted octanol–water partition coefficient (Wildman–Crippen LogP) is 5.51. The summed E-state index contributed by atoms with van der Waals surface area (Å²) >= 11 is 5.24. The molecule has 2 aromatic carbocycles. The first-order chi connectivity index (χ1) is 8.20. The van der Waals surface area contributed by atoms with Gasteiger partial charge in [0.2, 0.25) is 0 Å². The Bertz CT molecular complexity index is 325. The van der Waals surface area contributed by atoms with Crippen LogP contribution in [0.5, 0.6) is 0 Å². The van der Waals surface area contributed by atoms with Crippen LogP contribution in [0.15, 0.2) is 60.7 Å². The van der Waals surface area contributed by atoms with Crippen molar-refractivity contribution in [2.45, 2.75) is 0 Å². The number of hydrogen-bond donors (Lipinski definition) is 0. The van der Waals surface area contributed by atoms with Crippen LogP contribution < -0.4 is 0 Å². The zero-order valence-corrected chi connectivity index (χ0v) is 15.3. The Balaban J connectivity index is 0.000000247. The van der Waals surface area contributed by atoms with Gasteiger partial charge < -0.3 is 0 Å². The summed E-state index contributed by atoms with van der Waals surface area (Å²) in [6.07, 6.45) is 0. The van der Waals surface area contributed by atoms with Gasteiger partial charge in [0.25, 0.3) is 0 Å². The van der Waals surface area contributed by atoms with Crippen LogP contribution in [0, 0.1) is 13.8 Å². The van der Waals surface area contributed by atoms with E-state index in [1.807, 2.05) is 60.7 Å². The Labute approximate surface area is 134 Å². The summed E-state index contributed by atoms with van der Waals surface area (Å²) in [7, 11) is 0. The van der Waals surface area contributed by atoms with Crippen molar-refractivity contribution >= 4 is 38.4 Å². The minimum atomic E-state index is 0.440. The summed E-state index contributed by atoms with van der Waals surface area (Å²) in [4.78, 5) is 0. The molecule has 0 amide bonds. The van der Waals surface area contributed by atoms with Gasteiger partial charge in [0, 0.05) is 0 Å². The van der Waals surface area contributed by atoms with Gasteiger partial charge in [0.15, 0.2) is 0 Å².